The number of benzene rings is 1. The highest BCUT2D eigenvalue weighted by molar-refractivity contribution is 7.12. The van der Waals surface area contributed by atoms with Gasteiger partial charge in [-0.2, -0.15) is 0 Å². The van der Waals surface area contributed by atoms with Gasteiger partial charge in [-0.1, -0.05) is 11.6 Å². The van der Waals surface area contributed by atoms with Gasteiger partial charge in [0, 0.05) is 16.1 Å². The molecule has 0 fully saturated rings. The van der Waals surface area contributed by atoms with Crippen LogP contribution in [0.15, 0.2) is 23.6 Å². The zero-order chi connectivity index (χ0) is 14.8. The number of carbonyl (C=O) groups excluding carboxylic acids is 1. The maximum atomic E-state index is 12.0. The fourth-order valence-corrected chi connectivity index (χ4v) is 3.24. The first-order valence-electron chi connectivity index (χ1n) is 6.38. The minimum atomic E-state index is -0.330. The molecule has 2 aromatic rings. The van der Waals surface area contributed by atoms with E-state index in [4.69, 9.17) is 25.8 Å². The van der Waals surface area contributed by atoms with Crippen LogP contribution in [0.1, 0.15) is 26.4 Å². The summed E-state index contributed by atoms with van der Waals surface area (Å²) in [6, 6.07) is 5.44. The van der Waals surface area contributed by atoms with Gasteiger partial charge >= 0.3 is 5.97 Å². The van der Waals surface area contributed by atoms with Gasteiger partial charge in [-0.15, -0.1) is 11.3 Å². The van der Waals surface area contributed by atoms with Crippen molar-refractivity contribution in [2.45, 2.75) is 20.1 Å². The van der Waals surface area contributed by atoms with E-state index in [9.17, 15) is 4.79 Å². The third-order valence-electron chi connectivity index (χ3n) is 3.16. The van der Waals surface area contributed by atoms with E-state index in [1.54, 1.807) is 12.1 Å². The second-order valence-electron chi connectivity index (χ2n) is 4.67. The molecule has 0 saturated carbocycles. The number of hydrogen-bond donors (Lipinski definition) is 0. The van der Waals surface area contributed by atoms with Gasteiger partial charge in [-0.05, 0) is 36.1 Å². The lowest BCUT2D eigenvalue weighted by Gasteiger charge is -2.21. The molecule has 3 rings (SSSR count). The zero-order valence-electron chi connectivity index (χ0n) is 11.3. The van der Waals surface area contributed by atoms with E-state index < -0.39 is 0 Å². The van der Waals surface area contributed by atoms with E-state index in [1.165, 1.54) is 11.3 Å². The fourth-order valence-electron chi connectivity index (χ4n) is 2.15. The number of halogens is 1. The molecule has 0 amide bonds. The first kappa shape index (κ1) is 14.4. The van der Waals surface area contributed by atoms with E-state index in [1.807, 2.05) is 18.4 Å². The van der Waals surface area contributed by atoms with Crippen molar-refractivity contribution in [3.05, 3.63) is 50.2 Å². The highest BCUT2D eigenvalue weighted by atomic mass is 35.5. The molecule has 0 saturated heterocycles. The van der Waals surface area contributed by atoms with Crippen molar-refractivity contribution in [2.24, 2.45) is 0 Å². The zero-order valence-corrected chi connectivity index (χ0v) is 12.9. The first-order valence-corrected chi connectivity index (χ1v) is 7.64. The molecule has 1 aromatic heterocycles. The molecule has 6 heteroatoms. The van der Waals surface area contributed by atoms with Gasteiger partial charge in [-0.3, -0.25) is 0 Å². The lowest BCUT2D eigenvalue weighted by molar-refractivity contribution is -0.0180. The molecule has 0 N–H and O–H groups in total. The van der Waals surface area contributed by atoms with Crippen LogP contribution in [0.2, 0.25) is 5.02 Å². The average Bonchev–Trinajstić information content (AvgIpc) is 2.90. The van der Waals surface area contributed by atoms with Crippen LogP contribution in [0.4, 0.5) is 0 Å². The normalized spacial score (nSPS) is 13.4. The monoisotopic (exact) mass is 324 g/mol. The third-order valence-corrected chi connectivity index (χ3v) is 4.37. The Morgan fingerprint density at radius 2 is 2.33 bits per heavy atom. The molecule has 4 nitrogen and oxygen atoms in total. The lowest BCUT2D eigenvalue weighted by Crippen LogP contribution is -2.14. The molecule has 110 valence electrons. The molecule has 0 spiro atoms. The van der Waals surface area contributed by atoms with Crippen molar-refractivity contribution in [3.8, 4) is 5.75 Å². The average molecular weight is 325 g/mol. The minimum Gasteiger partial charge on any atom is -0.467 e. The fraction of sp³-hybridized carbons (Fsp3) is 0.267. The summed E-state index contributed by atoms with van der Waals surface area (Å²) in [7, 11) is 0. The Morgan fingerprint density at radius 1 is 1.48 bits per heavy atom. The number of thiophene rings is 1. The molecular formula is C15H13ClO4S. The van der Waals surface area contributed by atoms with E-state index in [0.717, 1.165) is 16.7 Å². The lowest BCUT2D eigenvalue weighted by atomic mass is 10.1. The van der Waals surface area contributed by atoms with Gasteiger partial charge < -0.3 is 14.2 Å². The number of aryl methyl sites for hydroxylation is 1. The Morgan fingerprint density at radius 3 is 3.10 bits per heavy atom. The van der Waals surface area contributed by atoms with Crippen LogP contribution in [-0.4, -0.2) is 12.8 Å². The van der Waals surface area contributed by atoms with Crippen LogP contribution < -0.4 is 4.74 Å². The van der Waals surface area contributed by atoms with Crippen molar-refractivity contribution in [2.75, 3.05) is 6.79 Å². The molecule has 1 aliphatic rings. The number of ether oxygens (including phenoxy) is 3. The van der Waals surface area contributed by atoms with Crippen LogP contribution in [0.25, 0.3) is 0 Å². The first-order chi connectivity index (χ1) is 10.1. The SMILES string of the molecule is Cc1ccsc1C(=O)OCc1cc(Cl)cc2c1OCOC2. The van der Waals surface area contributed by atoms with Crippen LogP contribution >= 0.6 is 22.9 Å². The Balaban J connectivity index is 1.78. The molecule has 0 bridgehead atoms. The van der Waals surface area contributed by atoms with Crippen LogP contribution in [0, 0.1) is 6.92 Å². The van der Waals surface area contributed by atoms with Crippen molar-refractivity contribution in [3.63, 3.8) is 0 Å². The number of hydrogen-bond acceptors (Lipinski definition) is 5. The van der Waals surface area contributed by atoms with Crippen LogP contribution in [0.3, 0.4) is 0 Å². The molecule has 2 heterocycles. The predicted octanol–water partition coefficient (Wildman–Crippen LogP) is 3.93. The molecular weight excluding hydrogens is 312 g/mol. The highest BCUT2D eigenvalue weighted by Crippen LogP contribution is 2.32. The molecule has 0 atom stereocenters. The van der Waals surface area contributed by atoms with Crippen molar-refractivity contribution >= 4 is 28.9 Å². The molecule has 1 aliphatic heterocycles. The van der Waals surface area contributed by atoms with E-state index >= 15 is 0 Å². The van der Waals surface area contributed by atoms with Crippen molar-refractivity contribution < 1.29 is 19.0 Å². The second kappa shape index (κ2) is 6.05. The summed E-state index contributed by atoms with van der Waals surface area (Å²) in [5.74, 6) is 0.365. The van der Waals surface area contributed by atoms with Crippen LogP contribution in [0.5, 0.6) is 5.75 Å². The standard InChI is InChI=1S/C15H13ClO4S/c1-9-2-3-21-14(9)15(17)19-7-11-5-12(16)4-10-6-18-8-20-13(10)11/h2-5H,6-8H2,1H3. The van der Waals surface area contributed by atoms with Crippen LogP contribution in [-0.2, 0) is 22.7 Å². The summed E-state index contributed by atoms with van der Waals surface area (Å²) in [5.41, 5.74) is 2.54. The quantitative estimate of drug-likeness (QED) is 0.802. The predicted molar refractivity (Wildman–Crippen MR) is 79.9 cm³/mol. The van der Waals surface area contributed by atoms with E-state index in [2.05, 4.69) is 0 Å². The summed E-state index contributed by atoms with van der Waals surface area (Å²) < 4.78 is 16.1. The van der Waals surface area contributed by atoms with Gasteiger partial charge in [-0.25, -0.2) is 4.79 Å². The maximum absolute atomic E-state index is 12.0. The van der Waals surface area contributed by atoms with Gasteiger partial charge in [0.1, 0.15) is 17.2 Å². The Hall–Kier alpha value is -1.56. The van der Waals surface area contributed by atoms with Crippen molar-refractivity contribution in [1.29, 1.82) is 0 Å². The van der Waals surface area contributed by atoms with E-state index in [0.29, 0.717) is 22.3 Å². The molecule has 1 aromatic carbocycles. The molecule has 0 radical (unpaired) electrons. The van der Waals surface area contributed by atoms with E-state index in [-0.39, 0.29) is 19.4 Å². The Labute approximate surface area is 131 Å². The largest absolute Gasteiger partial charge is 0.467 e. The minimum absolute atomic E-state index is 0.124. The summed E-state index contributed by atoms with van der Waals surface area (Å²) in [5, 5.41) is 2.44. The number of rotatable bonds is 3. The molecule has 21 heavy (non-hydrogen) atoms. The molecule has 0 unspecified atom stereocenters. The smallest absolute Gasteiger partial charge is 0.348 e. The summed E-state index contributed by atoms with van der Waals surface area (Å²) >= 11 is 7.45. The van der Waals surface area contributed by atoms with Gasteiger partial charge in [0.2, 0.25) is 0 Å². The van der Waals surface area contributed by atoms with Gasteiger partial charge in [0.05, 0.1) is 6.61 Å². The summed E-state index contributed by atoms with van der Waals surface area (Å²) in [6.07, 6.45) is 0. The highest BCUT2D eigenvalue weighted by Gasteiger charge is 2.18. The van der Waals surface area contributed by atoms with Gasteiger partial charge in [0.15, 0.2) is 6.79 Å². The van der Waals surface area contributed by atoms with Crippen molar-refractivity contribution in [1.82, 2.24) is 0 Å². The summed E-state index contributed by atoms with van der Waals surface area (Å²) in [4.78, 5) is 12.7. The topological polar surface area (TPSA) is 44.8 Å². The third kappa shape index (κ3) is 3.05. The Kier molecular flexibility index (Phi) is 4.14. The number of carbonyl (C=O) groups is 1. The maximum Gasteiger partial charge on any atom is 0.348 e. The Bertz CT molecular complexity index is 680. The molecule has 0 aliphatic carbocycles. The summed E-state index contributed by atoms with van der Waals surface area (Å²) in [6.45, 7) is 2.65. The second-order valence-corrected chi connectivity index (χ2v) is 6.03. The van der Waals surface area contributed by atoms with Gasteiger partial charge in [0.25, 0.3) is 0 Å². The number of esters is 1. The number of fused-ring (bicyclic) bond motifs is 1.